The first-order chi connectivity index (χ1) is 13.2. The predicted molar refractivity (Wildman–Crippen MR) is 112 cm³/mol. The molecule has 2 saturated heterocycles. The van der Waals surface area contributed by atoms with Crippen LogP contribution in [0.25, 0.3) is 0 Å². The van der Waals surface area contributed by atoms with Crippen molar-refractivity contribution in [3.8, 4) is 0 Å². The summed E-state index contributed by atoms with van der Waals surface area (Å²) in [6, 6.07) is 8.45. The Morgan fingerprint density at radius 2 is 1.68 bits per heavy atom. The molecule has 1 N–H and O–H groups in total. The van der Waals surface area contributed by atoms with Gasteiger partial charge in [-0.3, -0.25) is 9.69 Å². The van der Waals surface area contributed by atoms with Crippen LogP contribution in [0.2, 0.25) is 0 Å². The molecule has 28 heavy (non-hydrogen) atoms. The number of aliphatic hydroxyl groups is 1. The Hall–Kier alpha value is -1.43. The summed E-state index contributed by atoms with van der Waals surface area (Å²) in [5, 5.41) is 9.87. The lowest BCUT2D eigenvalue weighted by atomic mass is 9.97. The number of likely N-dealkylation sites (tertiary alicyclic amines) is 1. The van der Waals surface area contributed by atoms with E-state index in [0.29, 0.717) is 24.7 Å². The average molecular weight is 389 g/mol. The number of aryl methyl sites for hydroxylation is 1. The van der Waals surface area contributed by atoms with Crippen LogP contribution in [0.4, 0.5) is 0 Å². The molecule has 156 valence electrons. The van der Waals surface area contributed by atoms with Gasteiger partial charge in [0.25, 0.3) is 5.91 Å². The molecule has 3 rings (SSSR count). The van der Waals surface area contributed by atoms with E-state index in [9.17, 15) is 9.90 Å². The van der Waals surface area contributed by atoms with Gasteiger partial charge in [0.2, 0.25) is 0 Å². The summed E-state index contributed by atoms with van der Waals surface area (Å²) in [5.41, 5.74) is 1.27. The molecule has 2 fully saturated rings. The molecule has 2 atom stereocenters. The largest absolute Gasteiger partial charge is 0.390 e. The Labute approximate surface area is 169 Å². The number of carbonyl (C=O) groups excluding carboxylic acids is 1. The topological polar surface area (TPSA) is 53.0 Å². The van der Waals surface area contributed by atoms with Gasteiger partial charge in [0.1, 0.15) is 0 Å². The van der Waals surface area contributed by atoms with Gasteiger partial charge >= 0.3 is 0 Å². The van der Waals surface area contributed by atoms with E-state index in [1.54, 1.807) is 0 Å². The minimum Gasteiger partial charge on any atom is -0.390 e. The van der Waals surface area contributed by atoms with Gasteiger partial charge in [0.15, 0.2) is 0 Å². The molecule has 0 bridgehead atoms. The molecule has 1 aromatic rings. The highest BCUT2D eigenvalue weighted by molar-refractivity contribution is 5.94. The first kappa shape index (κ1) is 21.3. The number of hydrogen-bond acceptors (Lipinski definition) is 4. The second-order valence-electron chi connectivity index (χ2n) is 9.24. The van der Waals surface area contributed by atoms with Crippen LogP contribution in [0, 0.1) is 0 Å². The molecule has 2 aliphatic rings. The molecule has 0 radical (unpaired) electrons. The van der Waals surface area contributed by atoms with E-state index in [0.717, 1.165) is 56.6 Å². The molecular formula is C23H36N2O3. The second kappa shape index (κ2) is 8.93. The first-order valence-corrected chi connectivity index (χ1v) is 10.7. The normalized spacial score (nSPS) is 25.1. The van der Waals surface area contributed by atoms with Crippen LogP contribution in [0.5, 0.6) is 0 Å². The third-order valence-electron chi connectivity index (χ3n) is 5.94. The highest BCUT2D eigenvalue weighted by Gasteiger charge is 2.31. The van der Waals surface area contributed by atoms with Gasteiger partial charge in [-0.25, -0.2) is 0 Å². The summed E-state index contributed by atoms with van der Waals surface area (Å²) in [5.74, 6) is 0.135. The molecule has 2 heterocycles. The fraction of sp³-hybridized carbons (Fsp3) is 0.696. The number of morpholine rings is 1. The van der Waals surface area contributed by atoms with Gasteiger partial charge in [-0.1, -0.05) is 12.1 Å². The first-order valence-electron chi connectivity index (χ1n) is 10.7. The number of ether oxygens (including phenoxy) is 1. The van der Waals surface area contributed by atoms with Crippen LogP contribution in [0.3, 0.4) is 0 Å². The van der Waals surface area contributed by atoms with Crippen LogP contribution in [0.15, 0.2) is 24.3 Å². The third kappa shape index (κ3) is 5.79. The Morgan fingerprint density at radius 3 is 2.21 bits per heavy atom. The Kier molecular flexibility index (Phi) is 6.79. The van der Waals surface area contributed by atoms with E-state index in [4.69, 9.17) is 4.74 Å². The van der Waals surface area contributed by atoms with Crippen molar-refractivity contribution in [3.05, 3.63) is 35.4 Å². The quantitative estimate of drug-likeness (QED) is 0.842. The molecule has 0 spiro atoms. The number of amides is 1. The van der Waals surface area contributed by atoms with Crippen molar-refractivity contribution in [2.75, 3.05) is 26.2 Å². The van der Waals surface area contributed by atoms with Crippen LogP contribution in [0.1, 0.15) is 62.9 Å². The van der Waals surface area contributed by atoms with Gasteiger partial charge < -0.3 is 14.7 Å². The number of hydrogen-bond donors (Lipinski definition) is 1. The summed E-state index contributed by atoms with van der Waals surface area (Å²) in [6.07, 6.45) is 4.19. The van der Waals surface area contributed by atoms with Crippen molar-refractivity contribution in [2.45, 2.75) is 77.2 Å². The van der Waals surface area contributed by atoms with Crippen molar-refractivity contribution in [1.82, 2.24) is 9.80 Å². The number of nitrogens with zero attached hydrogens (tertiary/aromatic N) is 2. The standard InChI is InChI=1S/C23H36N2O3/c1-17-15-25(16-18(2)28-17)21-10-13-24(14-11-21)22(26)20-7-5-19(6-8-20)9-12-23(3,4)27/h5-8,17-18,21,27H,9-16H2,1-4H3/t17-,18+. The van der Waals surface area contributed by atoms with Gasteiger partial charge in [-0.2, -0.15) is 0 Å². The minimum atomic E-state index is -0.658. The van der Waals surface area contributed by atoms with Gasteiger partial charge in [-0.05, 0) is 71.1 Å². The summed E-state index contributed by atoms with van der Waals surface area (Å²) >= 11 is 0. The van der Waals surface area contributed by atoms with Crippen molar-refractivity contribution in [3.63, 3.8) is 0 Å². The number of piperidine rings is 1. The van der Waals surface area contributed by atoms with Gasteiger partial charge in [-0.15, -0.1) is 0 Å². The van der Waals surface area contributed by atoms with Crippen molar-refractivity contribution < 1.29 is 14.6 Å². The SMILES string of the molecule is C[C@@H]1CN(C2CCN(C(=O)c3ccc(CCC(C)(C)O)cc3)CC2)C[C@H](C)O1. The predicted octanol–water partition coefficient (Wildman–Crippen LogP) is 3.10. The number of benzene rings is 1. The summed E-state index contributed by atoms with van der Waals surface area (Å²) < 4.78 is 5.85. The molecule has 5 heteroatoms. The Morgan fingerprint density at radius 1 is 1.11 bits per heavy atom. The molecule has 0 aliphatic carbocycles. The number of carbonyl (C=O) groups is 1. The van der Waals surface area contributed by atoms with E-state index in [1.807, 2.05) is 43.0 Å². The molecular weight excluding hydrogens is 352 g/mol. The summed E-state index contributed by atoms with van der Waals surface area (Å²) in [6.45, 7) is 11.6. The lowest BCUT2D eigenvalue weighted by Gasteiger charge is -2.43. The smallest absolute Gasteiger partial charge is 0.253 e. The molecule has 0 unspecified atom stereocenters. The highest BCUT2D eigenvalue weighted by Crippen LogP contribution is 2.23. The maximum Gasteiger partial charge on any atom is 0.253 e. The van der Waals surface area contributed by atoms with Crippen LogP contribution in [-0.2, 0) is 11.2 Å². The maximum absolute atomic E-state index is 12.9. The zero-order valence-corrected chi connectivity index (χ0v) is 17.9. The molecule has 0 aromatic heterocycles. The molecule has 5 nitrogen and oxygen atoms in total. The minimum absolute atomic E-state index is 0.135. The van der Waals surface area contributed by atoms with Crippen molar-refractivity contribution in [1.29, 1.82) is 0 Å². The Bertz CT molecular complexity index is 635. The van der Waals surface area contributed by atoms with E-state index in [2.05, 4.69) is 18.7 Å². The molecule has 1 amide bonds. The Balaban J connectivity index is 1.51. The van der Waals surface area contributed by atoms with Gasteiger partial charge in [0, 0.05) is 37.8 Å². The van der Waals surface area contributed by atoms with Crippen LogP contribution < -0.4 is 0 Å². The van der Waals surface area contributed by atoms with E-state index in [-0.39, 0.29) is 5.91 Å². The third-order valence-corrected chi connectivity index (χ3v) is 5.94. The van der Waals surface area contributed by atoms with Crippen molar-refractivity contribution in [2.24, 2.45) is 0 Å². The fourth-order valence-electron chi connectivity index (χ4n) is 4.40. The van der Waals surface area contributed by atoms with Crippen LogP contribution in [-0.4, -0.2) is 70.8 Å². The monoisotopic (exact) mass is 388 g/mol. The van der Waals surface area contributed by atoms with Crippen molar-refractivity contribution >= 4 is 5.91 Å². The zero-order chi connectivity index (χ0) is 20.3. The number of rotatable bonds is 5. The summed E-state index contributed by atoms with van der Waals surface area (Å²) in [4.78, 5) is 17.4. The lowest BCUT2D eigenvalue weighted by molar-refractivity contribution is -0.0856. The van der Waals surface area contributed by atoms with E-state index < -0.39 is 5.60 Å². The second-order valence-corrected chi connectivity index (χ2v) is 9.24. The van der Waals surface area contributed by atoms with E-state index >= 15 is 0 Å². The average Bonchev–Trinajstić information content (AvgIpc) is 2.65. The van der Waals surface area contributed by atoms with Crippen LogP contribution >= 0.6 is 0 Å². The lowest BCUT2D eigenvalue weighted by Crippen LogP contribution is -2.53. The fourth-order valence-corrected chi connectivity index (χ4v) is 4.40. The zero-order valence-electron chi connectivity index (χ0n) is 17.9. The maximum atomic E-state index is 12.9. The molecule has 0 saturated carbocycles. The van der Waals surface area contributed by atoms with E-state index in [1.165, 1.54) is 0 Å². The molecule has 2 aliphatic heterocycles. The van der Waals surface area contributed by atoms with Gasteiger partial charge in [0.05, 0.1) is 17.8 Å². The molecule has 1 aromatic carbocycles. The summed E-state index contributed by atoms with van der Waals surface area (Å²) in [7, 11) is 0. The highest BCUT2D eigenvalue weighted by atomic mass is 16.5.